The molecule has 0 aliphatic carbocycles. The predicted molar refractivity (Wildman–Crippen MR) is 137 cm³/mol. The first-order valence-corrected chi connectivity index (χ1v) is 12.4. The number of pyridine rings is 1. The summed E-state index contributed by atoms with van der Waals surface area (Å²) in [6.45, 7) is 6.52. The van der Waals surface area contributed by atoms with Crippen LogP contribution in [0.15, 0.2) is 36.7 Å². The van der Waals surface area contributed by atoms with Crippen LogP contribution in [0.4, 0.5) is 19.8 Å². The van der Waals surface area contributed by atoms with Gasteiger partial charge in [-0.15, -0.1) is 10.2 Å². The van der Waals surface area contributed by atoms with Gasteiger partial charge in [-0.2, -0.15) is 0 Å². The van der Waals surface area contributed by atoms with E-state index in [0.29, 0.717) is 47.7 Å². The molecular weight excluding hydrogens is 493 g/mol. The van der Waals surface area contributed by atoms with E-state index in [1.165, 1.54) is 24.4 Å². The molecule has 200 valence electrons. The van der Waals surface area contributed by atoms with Gasteiger partial charge in [0, 0.05) is 29.8 Å². The first kappa shape index (κ1) is 25.7. The zero-order chi connectivity index (χ0) is 27.0. The number of hydrogen-bond donors (Lipinski definition) is 0. The minimum absolute atomic E-state index is 0.0588. The Labute approximate surface area is 219 Å². The Morgan fingerprint density at radius 3 is 2.63 bits per heavy atom. The molecule has 0 saturated carbocycles. The minimum Gasteiger partial charge on any atom is -0.453 e. The maximum Gasteiger partial charge on any atom is 0.416 e. The van der Waals surface area contributed by atoms with Gasteiger partial charge in [0.25, 0.3) is 0 Å². The third kappa shape index (κ3) is 4.93. The molecule has 3 aromatic rings. The van der Waals surface area contributed by atoms with E-state index in [1.807, 2.05) is 12.1 Å². The molecule has 4 heterocycles. The van der Waals surface area contributed by atoms with Crippen molar-refractivity contribution >= 4 is 29.2 Å². The molecule has 2 aliphatic rings. The molecular formula is C27H30FN5O5. The van der Waals surface area contributed by atoms with Crippen molar-refractivity contribution in [2.45, 2.75) is 52.6 Å². The van der Waals surface area contributed by atoms with E-state index in [1.54, 1.807) is 42.2 Å². The number of carbonyl (C=O) groups excluding carboxylic acids is 2. The summed E-state index contributed by atoms with van der Waals surface area (Å²) in [5.74, 6) is 0.0222. The molecule has 0 fully saturated rings. The van der Waals surface area contributed by atoms with Gasteiger partial charge >= 0.3 is 12.2 Å². The minimum atomic E-state index is -0.769. The van der Waals surface area contributed by atoms with Crippen molar-refractivity contribution in [3.63, 3.8) is 0 Å². The molecule has 2 aromatic heterocycles. The molecule has 0 spiro atoms. The smallest absolute Gasteiger partial charge is 0.416 e. The summed E-state index contributed by atoms with van der Waals surface area (Å²) >= 11 is 0. The number of fused-ring (bicyclic) bond motifs is 4. The fourth-order valence-corrected chi connectivity index (χ4v) is 4.77. The predicted octanol–water partition coefficient (Wildman–Crippen LogP) is 4.70. The van der Waals surface area contributed by atoms with Crippen LogP contribution in [0.5, 0.6) is 0 Å². The van der Waals surface area contributed by atoms with E-state index in [-0.39, 0.29) is 25.9 Å². The monoisotopic (exact) mass is 523 g/mol. The van der Waals surface area contributed by atoms with Crippen molar-refractivity contribution in [2.24, 2.45) is 0 Å². The van der Waals surface area contributed by atoms with E-state index >= 15 is 4.39 Å². The molecule has 0 bridgehead atoms. The van der Waals surface area contributed by atoms with Gasteiger partial charge in [0.15, 0.2) is 5.65 Å². The number of benzene rings is 1. The number of anilines is 1. The standard InChI is InChI=1S/C27H30FN5O5/c1-27(2,3)38-26(35)32-13-21-18(6-5-7-22(21)28)14-37-15-19-12-20(23-30-29-16-33(23)24(19)32)17-8-10-31(11-9-17)25(34)36-4/h5-8,12,16H,9-11,13-15H2,1-4H3. The maximum atomic E-state index is 15.0. The van der Waals surface area contributed by atoms with Gasteiger partial charge in [0.2, 0.25) is 0 Å². The number of amides is 2. The number of rotatable bonds is 1. The Kier molecular flexibility index (Phi) is 6.78. The van der Waals surface area contributed by atoms with Gasteiger partial charge in [-0.1, -0.05) is 18.2 Å². The van der Waals surface area contributed by atoms with Crippen molar-refractivity contribution in [3.05, 3.63) is 64.7 Å². The Morgan fingerprint density at radius 1 is 1.13 bits per heavy atom. The van der Waals surface area contributed by atoms with Gasteiger partial charge < -0.3 is 19.1 Å². The van der Waals surface area contributed by atoms with Gasteiger partial charge in [-0.3, -0.25) is 9.30 Å². The molecule has 38 heavy (non-hydrogen) atoms. The van der Waals surface area contributed by atoms with Crippen molar-refractivity contribution in [1.82, 2.24) is 19.5 Å². The zero-order valence-corrected chi connectivity index (χ0v) is 21.9. The van der Waals surface area contributed by atoms with E-state index in [2.05, 4.69) is 10.2 Å². The van der Waals surface area contributed by atoms with Crippen LogP contribution in [-0.4, -0.2) is 57.5 Å². The van der Waals surface area contributed by atoms with Crippen molar-refractivity contribution < 1.29 is 28.2 Å². The molecule has 0 radical (unpaired) electrons. The molecule has 0 saturated heterocycles. The van der Waals surface area contributed by atoms with E-state index in [9.17, 15) is 9.59 Å². The highest BCUT2D eigenvalue weighted by atomic mass is 19.1. The number of ether oxygens (including phenoxy) is 3. The van der Waals surface area contributed by atoms with Crippen LogP contribution in [0.1, 0.15) is 49.4 Å². The molecule has 0 N–H and O–H groups in total. The van der Waals surface area contributed by atoms with Crippen LogP contribution in [0.3, 0.4) is 0 Å². The van der Waals surface area contributed by atoms with Gasteiger partial charge in [-0.05, 0) is 50.5 Å². The second-order valence-corrected chi connectivity index (χ2v) is 10.3. The summed E-state index contributed by atoms with van der Waals surface area (Å²) in [6, 6.07) is 6.73. The number of methoxy groups -OCH3 is 1. The number of carbonyl (C=O) groups is 2. The Bertz CT molecular complexity index is 1430. The topological polar surface area (TPSA) is 98.5 Å². The molecule has 5 rings (SSSR count). The third-order valence-corrected chi connectivity index (χ3v) is 6.53. The van der Waals surface area contributed by atoms with Crippen LogP contribution in [-0.2, 0) is 34.0 Å². The van der Waals surface area contributed by atoms with Crippen LogP contribution in [0.25, 0.3) is 11.2 Å². The molecule has 11 heteroatoms. The molecule has 1 aromatic carbocycles. The van der Waals surface area contributed by atoms with Crippen molar-refractivity contribution in [3.8, 4) is 0 Å². The highest BCUT2D eigenvalue weighted by molar-refractivity contribution is 5.90. The summed E-state index contributed by atoms with van der Waals surface area (Å²) in [5, 5.41) is 8.49. The average molecular weight is 524 g/mol. The Hall–Kier alpha value is -3.99. The lowest BCUT2D eigenvalue weighted by Gasteiger charge is -2.30. The fourth-order valence-electron chi connectivity index (χ4n) is 4.77. The quantitative estimate of drug-likeness (QED) is 0.456. The third-order valence-electron chi connectivity index (χ3n) is 6.53. The number of halogens is 1. The highest BCUT2D eigenvalue weighted by Gasteiger charge is 2.31. The van der Waals surface area contributed by atoms with Gasteiger partial charge in [-0.25, -0.2) is 14.0 Å². The fraction of sp³-hybridized carbons (Fsp3) is 0.407. The number of aromatic nitrogens is 3. The van der Waals surface area contributed by atoms with Crippen LogP contribution in [0, 0.1) is 5.82 Å². The zero-order valence-electron chi connectivity index (χ0n) is 21.9. The Balaban J connectivity index is 1.65. The van der Waals surface area contributed by atoms with Gasteiger partial charge in [0.05, 0.1) is 26.9 Å². The largest absolute Gasteiger partial charge is 0.453 e. The van der Waals surface area contributed by atoms with Crippen LogP contribution < -0.4 is 4.90 Å². The van der Waals surface area contributed by atoms with Crippen LogP contribution in [0.2, 0.25) is 0 Å². The van der Waals surface area contributed by atoms with E-state index in [4.69, 9.17) is 14.2 Å². The second-order valence-electron chi connectivity index (χ2n) is 10.3. The summed E-state index contributed by atoms with van der Waals surface area (Å²) in [7, 11) is 1.36. The summed E-state index contributed by atoms with van der Waals surface area (Å²) in [6.07, 6.45) is 3.07. The maximum absolute atomic E-state index is 15.0. The van der Waals surface area contributed by atoms with E-state index in [0.717, 1.165) is 11.1 Å². The lowest BCUT2D eigenvalue weighted by atomic mass is 9.98. The Morgan fingerprint density at radius 2 is 1.92 bits per heavy atom. The number of hydrogen-bond acceptors (Lipinski definition) is 7. The van der Waals surface area contributed by atoms with E-state index < -0.39 is 17.5 Å². The lowest BCUT2D eigenvalue weighted by molar-refractivity contribution is 0.0575. The number of nitrogens with zero attached hydrogens (tertiary/aromatic N) is 5. The van der Waals surface area contributed by atoms with Crippen molar-refractivity contribution in [2.75, 3.05) is 25.1 Å². The first-order valence-electron chi connectivity index (χ1n) is 12.4. The normalized spacial score (nSPS) is 16.1. The summed E-state index contributed by atoms with van der Waals surface area (Å²) < 4.78 is 33.4. The van der Waals surface area contributed by atoms with Gasteiger partial charge in [0.1, 0.15) is 23.6 Å². The molecule has 10 nitrogen and oxygen atoms in total. The van der Waals surface area contributed by atoms with Crippen molar-refractivity contribution in [1.29, 1.82) is 0 Å². The first-order chi connectivity index (χ1) is 18.2. The molecule has 0 atom stereocenters. The SMILES string of the molecule is COC(=O)N1CC=C(c2cc3c(n4cnnc24)N(C(=O)OC(C)(C)C)Cc2c(F)cccc2COC3)CC1. The molecule has 2 aliphatic heterocycles. The molecule has 2 amide bonds. The second kappa shape index (κ2) is 10.1. The lowest BCUT2D eigenvalue weighted by Crippen LogP contribution is -2.38. The highest BCUT2D eigenvalue weighted by Crippen LogP contribution is 2.35. The summed E-state index contributed by atoms with van der Waals surface area (Å²) in [4.78, 5) is 28.6. The average Bonchev–Trinajstić information content (AvgIpc) is 3.38. The van der Waals surface area contributed by atoms with Crippen LogP contribution >= 0.6 is 0 Å². The summed E-state index contributed by atoms with van der Waals surface area (Å²) in [5.41, 5.74) is 3.28. The molecule has 0 unspecified atom stereocenters.